The van der Waals surface area contributed by atoms with E-state index >= 15 is 17.7 Å². The third kappa shape index (κ3) is 4.95. The molecule has 0 amide bonds. The molecule has 2 saturated heterocycles. The number of halogens is 7. The number of nitrogens with zero attached hydrogens (tertiary/aromatic N) is 2. The summed E-state index contributed by atoms with van der Waals surface area (Å²) in [5.41, 5.74) is -4.69. The fraction of sp³-hybridized carbons (Fsp3) is 0.206. The Morgan fingerprint density at radius 3 is 2.14 bits per heavy atom. The molecule has 49 heavy (non-hydrogen) atoms. The number of carboxylic acid groups (broad SMARTS) is 1. The van der Waals surface area contributed by atoms with Crippen LogP contribution in [0.15, 0.2) is 77.6 Å². The molecule has 3 heterocycles. The van der Waals surface area contributed by atoms with E-state index in [2.05, 4.69) is 4.74 Å². The van der Waals surface area contributed by atoms with Gasteiger partial charge >= 0.3 is 11.9 Å². The Morgan fingerprint density at radius 2 is 1.55 bits per heavy atom. The number of esters is 1. The van der Waals surface area contributed by atoms with E-state index in [1.807, 2.05) is 0 Å². The number of aromatic carboxylic acids is 1. The molecule has 252 valence electrons. The van der Waals surface area contributed by atoms with E-state index in [-0.39, 0.29) is 38.5 Å². The number of carbonyl (C=O) groups is 2. The molecule has 3 aromatic carbocycles. The second-order valence-electron chi connectivity index (χ2n) is 12.0. The lowest BCUT2D eigenvalue weighted by Gasteiger charge is -2.41. The van der Waals surface area contributed by atoms with Gasteiger partial charge in [0.1, 0.15) is 11.4 Å². The first kappa shape index (κ1) is 32.6. The maximum Gasteiger partial charge on any atom is 0.361 e. The number of methoxy groups -OCH3 is 1. The van der Waals surface area contributed by atoms with Crippen molar-refractivity contribution in [3.05, 3.63) is 117 Å². The fourth-order valence-electron chi connectivity index (χ4n) is 6.60. The molecule has 2 fully saturated rings. The number of alkyl halides is 4. The Hall–Kier alpha value is -4.97. The Labute approximate surface area is 273 Å². The van der Waals surface area contributed by atoms with Gasteiger partial charge in [0.25, 0.3) is 5.92 Å². The molecule has 0 bridgehead atoms. The first-order chi connectivity index (χ1) is 23.1. The first-order valence-corrected chi connectivity index (χ1v) is 16.4. The van der Waals surface area contributed by atoms with Crippen LogP contribution in [0.4, 0.5) is 36.4 Å². The second kappa shape index (κ2) is 11.0. The standard InChI is InChI=1S/C34H22F7N2O5P/c1-48-32(46)27-28(35)25(26(31(44)45)29(36)30(27)37)24-20-9-7-17(42-13-33(38,39)14-42)11-22(20)49(47,19-5-3-2-4-6-19)23-12-18(8-10-21(23)24)43-15-34(40,41)16-43/h2-12H,13-16H2,1H3. The highest BCUT2D eigenvalue weighted by molar-refractivity contribution is 7.83. The van der Waals surface area contributed by atoms with Crippen LogP contribution in [0, 0.1) is 17.5 Å². The summed E-state index contributed by atoms with van der Waals surface area (Å²) < 4.78 is 124. The molecular formula is C34H22F7N2O5P. The minimum Gasteiger partial charge on any atom is -0.545 e. The summed E-state index contributed by atoms with van der Waals surface area (Å²) >= 11 is 0. The number of rotatable bonds is 5. The number of benzene rings is 3. The topological polar surface area (TPSA) is 89.8 Å². The highest BCUT2D eigenvalue weighted by Gasteiger charge is 2.52. The van der Waals surface area contributed by atoms with Crippen LogP contribution >= 0.6 is 7.14 Å². The molecule has 1 atom stereocenters. The van der Waals surface area contributed by atoms with Crippen molar-refractivity contribution in [3.8, 4) is 0 Å². The van der Waals surface area contributed by atoms with Crippen LogP contribution in [0.5, 0.6) is 0 Å². The van der Waals surface area contributed by atoms with Gasteiger partial charge < -0.3 is 24.1 Å². The van der Waals surface area contributed by atoms with Gasteiger partial charge in [-0.2, -0.15) is 8.78 Å². The van der Waals surface area contributed by atoms with Crippen LogP contribution in [-0.4, -0.2) is 67.4 Å². The van der Waals surface area contributed by atoms with E-state index in [4.69, 9.17) is 0 Å². The van der Waals surface area contributed by atoms with Gasteiger partial charge in [0, 0.05) is 50.5 Å². The van der Waals surface area contributed by atoms with E-state index in [0.29, 0.717) is 0 Å². The molecule has 1 unspecified atom stereocenters. The normalized spacial score (nSPS) is 21.7. The molecule has 4 aliphatic rings. The number of hydrogen-bond donors (Lipinski definition) is 0. The second-order valence-corrected chi connectivity index (χ2v) is 14.7. The van der Waals surface area contributed by atoms with Crippen molar-refractivity contribution in [3.63, 3.8) is 0 Å². The largest absolute Gasteiger partial charge is 0.545 e. The van der Waals surface area contributed by atoms with E-state index in [1.54, 1.807) is 18.2 Å². The van der Waals surface area contributed by atoms with Gasteiger partial charge in [0.2, 0.25) is 18.8 Å². The zero-order chi connectivity index (χ0) is 35.2. The van der Waals surface area contributed by atoms with Gasteiger partial charge in [-0.25, -0.2) is 31.3 Å². The molecular weight excluding hydrogens is 680 g/mol. The Morgan fingerprint density at radius 1 is 0.898 bits per heavy atom. The van der Waals surface area contributed by atoms with Crippen LogP contribution in [0.3, 0.4) is 0 Å². The van der Waals surface area contributed by atoms with Crippen LogP contribution < -0.4 is 20.6 Å². The number of carbonyl (C=O) groups excluding carboxylic acids is 2. The predicted octanol–water partition coefficient (Wildman–Crippen LogP) is 4.39. The number of carboxylic acids is 1. The maximum atomic E-state index is 16.5. The molecule has 0 aromatic heterocycles. The summed E-state index contributed by atoms with van der Waals surface area (Å²) in [4.78, 5) is 26.2. The van der Waals surface area contributed by atoms with Crippen molar-refractivity contribution in [2.75, 3.05) is 38.2 Å². The minimum atomic E-state index is -4.18. The van der Waals surface area contributed by atoms with Crippen molar-refractivity contribution in [2.24, 2.45) is 0 Å². The van der Waals surface area contributed by atoms with Crippen LogP contribution in [0.1, 0.15) is 31.8 Å². The molecule has 1 aliphatic carbocycles. The van der Waals surface area contributed by atoms with Gasteiger partial charge in [-0.15, -0.1) is 0 Å². The molecule has 3 aromatic rings. The lowest BCUT2D eigenvalue weighted by Crippen LogP contribution is -2.56. The third-order valence-electron chi connectivity index (χ3n) is 8.88. The van der Waals surface area contributed by atoms with Crippen molar-refractivity contribution in [1.29, 1.82) is 0 Å². The van der Waals surface area contributed by atoms with Gasteiger partial charge in [-0.3, -0.25) is 0 Å². The summed E-state index contributed by atoms with van der Waals surface area (Å²) in [7, 11) is -3.41. The third-order valence-corrected chi connectivity index (χ3v) is 12.0. The van der Waals surface area contributed by atoms with Crippen LogP contribution in [-0.2, 0) is 9.30 Å². The van der Waals surface area contributed by atoms with E-state index in [1.165, 1.54) is 58.0 Å². The Bertz CT molecular complexity index is 2180. The Balaban J connectivity index is 1.62. The number of anilines is 1. The molecule has 7 rings (SSSR count). The zero-order valence-corrected chi connectivity index (χ0v) is 26.1. The highest BCUT2D eigenvalue weighted by Crippen LogP contribution is 2.62. The van der Waals surface area contributed by atoms with Crippen LogP contribution in [0.25, 0.3) is 5.57 Å². The van der Waals surface area contributed by atoms with E-state index in [0.717, 1.165) is 7.11 Å². The van der Waals surface area contributed by atoms with Crippen molar-refractivity contribution < 1.29 is 59.3 Å². The number of ether oxygens (including phenoxy) is 1. The Kier molecular flexibility index (Phi) is 7.33. The zero-order valence-electron chi connectivity index (χ0n) is 25.2. The van der Waals surface area contributed by atoms with Gasteiger partial charge in [-0.05, 0) is 29.3 Å². The van der Waals surface area contributed by atoms with Gasteiger partial charge in [-0.1, -0.05) is 36.4 Å². The average molecular weight is 703 g/mol. The lowest BCUT2D eigenvalue weighted by molar-refractivity contribution is -0.638. The number of allylic oxidation sites excluding steroid dienone is 5. The summed E-state index contributed by atoms with van der Waals surface area (Å²) in [6.07, 6.45) is 3.91. The summed E-state index contributed by atoms with van der Waals surface area (Å²) in [6, 6.07) is 11.7. The maximum absolute atomic E-state index is 16.5. The van der Waals surface area contributed by atoms with Gasteiger partial charge in [0.15, 0.2) is 18.8 Å². The van der Waals surface area contributed by atoms with E-state index < -0.39 is 96.8 Å². The minimum absolute atomic E-state index is 0.118. The van der Waals surface area contributed by atoms with E-state index in [9.17, 15) is 32.3 Å². The molecule has 0 spiro atoms. The molecule has 0 radical (unpaired) electrons. The highest BCUT2D eigenvalue weighted by atomic mass is 31.2. The SMILES string of the molecule is COC(=O)c1c(F)c(F)c(C(=O)[O-])c(C2=C3C=CC(=[N+]4CC(F)(F)C4)C=C3P(=O)(c3ccccc3)c3cc(N4CC(F)(F)C4)ccc32)c1F. The van der Waals surface area contributed by atoms with Crippen molar-refractivity contribution in [2.45, 2.75) is 11.8 Å². The number of fused-ring (bicyclic) bond motifs is 2. The monoisotopic (exact) mass is 702 g/mol. The molecule has 15 heteroatoms. The smallest absolute Gasteiger partial charge is 0.361 e. The van der Waals surface area contributed by atoms with Crippen molar-refractivity contribution >= 4 is 46.7 Å². The lowest BCUT2D eigenvalue weighted by atomic mass is 9.85. The summed E-state index contributed by atoms with van der Waals surface area (Å²) in [5, 5.41) is 12.3. The van der Waals surface area contributed by atoms with Crippen molar-refractivity contribution in [1.82, 2.24) is 0 Å². The molecule has 0 saturated carbocycles. The quantitative estimate of drug-likeness (QED) is 0.129. The van der Waals surface area contributed by atoms with Crippen LogP contribution in [0.2, 0.25) is 0 Å². The fourth-order valence-corrected chi connectivity index (χ4v) is 9.68. The molecule has 3 aliphatic heterocycles. The van der Waals surface area contributed by atoms with Gasteiger partial charge in [0.05, 0.1) is 26.2 Å². The summed E-state index contributed by atoms with van der Waals surface area (Å²) in [5.74, 6) is -16.2. The first-order valence-electron chi connectivity index (χ1n) is 14.7. The molecule has 0 N–H and O–H groups in total. The predicted molar refractivity (Wildman–Crippen MR) is 162 cm³/mol. The summed E-state index contributed by atoms with van der Waals surface area (Å²) in [6.45, 7) is -2.73. The number of hydrogen-bond acceptors (Lipinski definition) is 6. The molecule has 7 nitrogen and oxygen atoms in total. The average Bonchev–Trinajstić information content (AvgIpc) is 3.04.